The zero-order chi connectivity index (χ0) is 20.3. The largest absolute Gasteiger partial charge is 0.497 e. The molecule has 0 atom stereocenters. The Morgan fingerprint density at radius 3 is 2.17 bits per heavy atom. The number of anilines is 1. The normalized spacial score (nSPS) is 11.2. The first-order valence-corrected chi connectivity index (χ1v) is 10.2. The van der Waals surface area contributed by atoms with Crippen LogP contribution in [0.25, 0.3) is 22.8 Å². The Kier molecular flexibility index (Phi) is 5.01. The van der Waals surface area contributed by atoms with Crippen molar-refractivity contribution in [2.24, 2.45) is 0 Å². The summed E-state index contributed by atoms with van der Waals surface area (Å²) in [5, 5.41) is 4.00. The van der Waals surface area contributed by atoms with E-state index in [1.54, 1.807) is 49.6 Å². The van der Waals surface area contributed by atoms with Crippen LogP contribution in [-0.4, -0.2) is 25.7 Å². The molecule has 0 aliphatic carbocycles. The summed E-state index contributed by atoms with van der Waals surface area (Å²) in [7, 11) is -2.04. The average molecular weight is 407 g/mol. The Balaban J connectivity index is 1.52. The van der Waals surface area contributed by atoms with Gasteiger partial charge in [-0.15, -0.1) is 0 Å². The molecule has 0 unspecified atom stereocenters. The highest BCUT2D eigenvalue weighted by atomic mass is 32.2. The number of nitrogens with one attached hydrogen (secondary N) is 1. The van der Waals surface area contributed by atoms with Crippen LogP contribution >= 0.6 is 0 Å². The van der Waals surface area contributed by atoms with E-state index in [0.717, 1.165) is 11.3 Å². The average Bonchev–Trinajstić information content (AvgIpc) is 3.25. The van der Waals surface area contributed by atoms with E-state index < -0.39 is 10.0 Å². The van der Waals surface area contributed by atoms with Crippen molar-refractivity contribution in [1.29, 1.82) is 0 Å². The van der Waals surface area contributed by atoms with Gasteiger partial charge in [0, 0.05) is 16.8 Å². The predicted octanol–water partition coefficient (Wildman–Crippen LogP) is 4.21. The van der Waals surface area contributed by atoms with Gasteiger partial charge in [-0.25, -0.2) is 8.42 Å². The summed E-state index contributed by atoms with van der Waals surface area (Å²) in [6, 6.07) is 22.2. The van der Waals surface area contributed by atoms with E-state index in [0.29, 0.717) is 23.0 Å². The molecule has 146 valence electrons. The maximum Gasteiger partial charge on any atom is 0.261 e. The zero-order valence-electron chi connectivity index (χ0n) is 15.4. The third-order valence-corrected chi connectivity index (χ3v) is 5.61. The maximum atomic E-state index is 12.4. The third kappa shape index (κ3) is 4.12. The molecule has 0 aliphatic rings. The van der Waals surface area contributed by atoms with E-state index in [2.05, 4.69) is 14.9 Å². The second-order valence-electron chi connectivity index (χ2n) is 6.15. The van der Waals surface area contributed by atoms with Gasteiger partial charge in [0.25, 0.3) is 15.9 Å². The number of methoxy groups -OCH3 is 1. The van der Waals surface area contributed by atoms with Gasteiger partial charge in [-0.2, -0.15) is 4.98 Å². The van der Waals surface area contributed by atoms with Crippen LogP contribution in [0.1, 0.15) is 0 Å². The minimum atomic E-state index is -3.64. The van der Waals surface area contributed by atoms with Gasteiger partial charge < -0.3 is 9.26 Å². The number of hydrogen-bond acceptors (Lipinski definition) is 6. The Labute approximate surface area is 168 Å². The summed E-state index contributed by atoms with van der Waals surface area (Å²) in [5.74, 6) is 1.54. The fourth-order valence-corrected chi connectivity index (χ4v) is 3.77. The molecule has 1 heterocycles. The smallest absolute Gasteiger partial charge is 0.261 e. The van der Waals surface area contributed by atoms with Crippen LogP contribution in [0, 0.1) is 0 Å². The summed E-state index contributed by atoms with van der Waals surface area (Å²) in [5.41, 5.74) is 1.92. The molecular weight excluding hydrogens is 390 g/mol. The molecule has 4 aromatic rings. The van der Waals surface area contributed by atoms with Crippen molar-refractivity contribution in [3.63, 3.8) is 0 Å². The minimum Gasteiger partial charge on any atom is -0.497 e. The van der Waals surface area contributed by atoms with E-state index in [9.17, 15) is 8.42 Å². The molecule has 0 bridgehead atoms. The summed E-state index contributed by atoms with van der Waals surface area (Å²) in [6.07, 6.45) is 0. The Morgan fingerprint density at radius 2 is 1.52 bits per heavy atom. The predicted molar refractivity (Wildman–Crippen MR) is 109 cm³/mol. The van der Waals surface area contributed by atoms with Crippen LogP contribution in [0.4, 0.5) is 5.69 Å². The SMILES string of the molecule is COc1ccc(-c2noc(-c3ccc(NS(=O)(=O)c4ccccc4)cc3)n2)cc1. The molecule has 0 saturated carbocycles. The van der Waals surface area contributed by atoms with Crippen LogP contribution in [0.5, 0.6) is 5.75 Å². The third-order valence-electron chi connectivity index (χ3n) is 4.21. The van der Waals surface area contributed by atoms with E-state index in [4.69, 9.17) is 9.26 Å². The molecule has 0 aliphatic heterocycles. The number of benzene rings is 3. The van der Waals surface area contributed by atoms with Gasteiger partial charge in [-0.3, -0.25) is 4.72 Å². The van der Waals surface area contributed by atoms with Crippen LogP contribution in [0.3, 0.4) is 0 Å². The number of ether oxygens (including phenoxy) is 1. The van der Waals surface area contributed by atoms with Gasteiger partial charge in [0.1, 0.15) is 5.75 Å². The van der Waals surface area contributed by atoms with Crippen molar-refractivity contribution in [2.75, 3.05) is 11.8 Å². The molecule has 1 N–H and O–H groups in total. The van der Waals surface area contributed by atoms with Crippen molar-refractivity contribution in [3.8, 4) is 28.6 Å². The summed E-state index contributed by atoms with van der Waals surface area (Å²) in [6.45, 7) is 0. The van der Waals surface area contributed by atoms with Gasteiger partial charge in [-0.1, -0.05) is 23.4 Å². The number of sulfonamides is 1. The molecule has 0 saturated heterocycles. The molecule has 0 amide bonds. The molecule has 3 aromatic carbocycles. The standard InChI is InChI=1S/C21H17N3O4S/c1-27-18-13-9-15(10-14-18)20-22-21(28-23-20)16-7-11-17(12-8-16)24-29(25,26)19-5-3-2-4-6-19/h2-14,24H,1H3. The lowest BCUT2D eigenvalue weighted by Gasteiger charge is -2.08. The molecule has 0 spiro atoms. The number of nitrogens with zero attached hydrogens (tertiary/aromatic N) is 2. The lowest BCUT2D eigenvalue weighted by atomic mass is 10.2. The first-order chi connectivity index (χ1) is 14.0. The van der Waals surface area contributed by atoms with E-state index in [1.165, 1.54) is 12.1 Å². The van der Waals surface area contributed by atoms with Crippen molar-refractivity contribution in [1.82, 2.24) is 10.1 Å². The van der Waals surface area contributed by atoms with Gasteiger partial charge in [-0.05, 0) is 60.7 Å². The molecular formula is C21H17N3O4S. The van der Waals surface area contributed by atoms with Gasteiger partial charge >= 0.3 is 0 Å². The minimum absolute atomic E-state index is 0.199. The van der Waals surface area contributed by atoms with Crippen molar-refractivity contribution in [3.05, 3.63) is 78.9 Å². The monoisotopic (exact) mass is 407 g/mol. The molecule has 0 fully saturated rings. The van der Waals surface area contributed by atoms with Crippen LogP contribution in [0.15, 0.2) is 88.3 Å². The van der Waals surface area contributed by atoms with Gasteiger partial charge in [0.05, 0.1) is 12.0 Å². The van der Waals surface area contributed by atoms with E-state index in [-0.39, 0.29) is 4.90 Å². The first kappa shape index (κ1) is 18.7. The first-order valence-electron chi connectivity index (χ1n) is 8.71. The number of aromatic nitrogens is 2. The second kappa shape index (κ2) is 7.76. The molecule has 7 nitrogen and oxygen atoms in total. The molecule has 0 radical (unpaired) electrons. The summed E-state index contributed by atoms with van der Waals surface area (Å²) < 4.78 is 37.8. The van der Waals surface area contributed by atoms with Crippen LogP contribution in [0.2, 0.25) is 0 Å². The maximum absolute atomic E-state index is 12.4. The Morgan fingerprint density at radius 1 is 0.862 bits per heavy atom. The van der Waals surface area contributed by atoms with Crippen molar-refractivity contribution in [2.45, 2.75) is 4.90 Å². The Bertz CT molecular complexity index is 1200. The Hall–Kier alpha value is -3.65. The highest BCUT2D eigenvalue weighted by Crippen LogP contribution is 2.25. The number of rotatable bonds is 6. The zero-order valence-corrected chi connectivity index (χ0v) is 16.3. The fourth-order valence-electron chi connectivity index (χ4n) is 2.69. The quantitative estimate of drug-likeness (QED) is 0.514. The fraction of sp³-hybridized carbons (Fsp3) is 0.0476. The molecule has 4 rings (SSSR count). The van der Waals surface area contributed by atoms with Crippen LogP contribution < -0.4 is 9.46 Å². The van der Waals surface area contributed by atoms with Crippen LogP contribution in [-0.2, 0) is 10.0 Å². The van der Waals surface area contributed by atoms with Gasteiger partial charge in [0.15, 0.2) is 0 Å². The topological polar surface area (TPSA) is 94.3 Å². The molecule has 1 aromatic heterocycles. The lowest BCUT2D eigenvalue weighted by molar-refractivity contribution is 0.415. The van der Waals surface area contributed by atoms with E-state index in [1.807, 2.05) is 24.3 Å². The van der Waals surface area contributed by atoms with Crippen molar-refractivity contribution >= 4 is 15.7 Å². The lowest BCUT2D eigenvalue weighted by Crippen LogP contribution is -2.12. The summed E-state index contributed by atoms with van der Waals surface area (Å²) >= 11 is 0. The molecule has 29 heavy (non-hydrogen) atoms. The number of hydrogen-bond donors (Lipinski definition) is 1. The van der Waals surface area contributed by atoms with E-state index >= 15 is 0 Å². The van der Waals surface area contributed by atoms with Crippen molar-refractivity contribution < 1.29 is 17.7 Å². The summed E-state index contributed by atoms with van der Waals surface area (Å²) in [4.78, 5) is 4.60. The second-order valence-corrected chi connectivity index (χ2v) is 7.83. The highest BCUT2D eigenvalue weighted by Gasteiger charge is 2.14. The highest BCUT2D eigenvalue weighted by molar-refractivity contribution is 7.92. The van der Waals surface area contributed by atoms with Gasteiger partial charge in [0.2, 0.25) is 5.82 Å². The molecule has 8 heteroatoms.